The lowest BCUT2D eigenvalue weighted by Crippen LogP contribution is -2.41. The topological polar surface area (TPSA) is 75.4 Å². The van der Waals surface area contributed by atoms with E-state index in [1.165, 1.54) is 0 Å². The highest BCUT2D eigenvalue weighted by Gasteiger charge is 2.24. The number of likely N-dealkylation sites (N-methyl/N-ethyl adjacent to an activating group) is 1. The third kappa shape index (κ3) is 3.32. The summed E-state index contributed by atoms with van der Waals surface area (Å²) < 4.78 is 0. The van der Waals surface area contributed by atoms with Gasteiger partial charge in [0.1, 0.15) is 0 Å². The molecule has 2 rings (SSSR count). The number of hydrogen-bond donors (Lipinski definition) is 2. The summed E-state index contributed by atoms with van der Waals surface area (Å²) in [5.74, 6) is -0.317. The zero-order valence-electron chi connectivity index (χ0n) is 11.1. The molecule has 3 N–H and O–H groups in total. The zero-order chi connectivity index (χ0) is 13.8. The van der Waals surface area contributed by atoms with Crippen molar-refractivity contribution in [3.05, 3.63) is 35.4 Å². The van der Waals surface area contributed by atoms with Crippen molar-refractivity contribution in [2.24, 2.45) is 5.73 Å². The molecule has 5 heteroatoms. The Morgan fingerprint density at radius 1 is 1.37 bits per heavy atom. The number of benzene rings is 1. The monoisotopic (exact) mass is 261 g/mol. The largest absolute Gasteiger partial charge is 0.366 e. The van der Waals surface area contributed by atoms with Crippen LogP contribution in [0.2, 0.25) is 0 Å². The second kappa shape index (κ2) is 5.84. The van der Waals surface area contributed by atoms with Crippen molar-refractivity contribution in [3.63, 3.8) is 0 Å². The average Bonchev–Trinajstić information content (AvgIpc) is 2.92. The van der Waals surface area contributed by atoms with Crippen LogP contribution in [0.15, 0.2) is 24.3 Å². The maximum Gasteiger partial charge on any atom is 0.248 e. The average molecular weight is 261 g/mol. The number of nitrogens with one attached hydrogen (secondary N) is 1. The maximum absolute atomic E-state index is 12.1. The Morgan fingerprint density at radius 2 is 2.05 bits per heavy atom. The van der Waals surface area contributed by atoms with E-state index in [-0.39, 0.29) is 11.9 Å². The van der Waals surface area contributed by atoms with Gasteiger partial charge in [-0.25, -0.2) is 0 Å². The quantitative estimate of drug-likeness (QED) is 0.828. The minimum absolute atomic E-state index is 0.0464. The summed E-state index contributed by atoms with van der Waals surface area (Å²) >= 11 is 0. The summed E-state index contributed by atoms with van der Waals surface area (Å²) in [4.78, 5) is 24.8. The van der Waals surface area contributed by atoms with Gasteiger partial charge < -0.3 is 16.0 Å². The van der Waals surface area contributed by atoms with Crippen LogP contribution in [0.25, 0.3) is 0 Å². The van der Waals surface area contributed by atoms with Gasteiger partial charge in [0.05, 0.1) is 6.04 Å². The van der Waals surface area contributed by atoms with Crippen LogP contribution >= 0.6 is 0 Å². The first-order valence-corrected chi connectivity index (χ1v) is 6.45. The SMILES string of the molecule is CN(Cc1ccc(C(N)=O)cc1)C(=O)[C@@H]1CCCN1. The number of primary amides is 1. The highest BCUT2D eigenvalue weighted by Crippen LogP contribution is 2.11. The van der Waals surface area contributed by atoms with Gasteiger partial charge in [-0.15, -0.1) is 0 Å². The van der Waals surface area contributed by atoms with Crippen LogP contribution in [0, 0.1) is 0 Å². The molecule has 1 saturated heterocycles. The smallest absolute Gasteiger partial charge is 0.248 e. The molecule has 1 heterocycles. The minimum Gasteiger partial charge on any atom is -0.366 e. The Bertz CT molecular complexity index is 464. The lowest BCUT2D eigenvalue weighted by atomic mass is 10.1. The van der Waals surface area contributed by atoms with Gasteiger partial charge in [0.25, 0.3) is 0 Å². The van der Waals surface area contributed by atoms with Gasteiger partial charge in [-0.3, -0.25) is 9.59 Å². The molecule has 0 bridgehead atoms. The van der Waals surface area contributed by atoms with E-state index < -0.39 is 5.91 Å². The Balaban J connectivity index is 1.96. The summed E-state index contributed by atoms with van der Waals surface area (Å²) in [7, 11) is 1.80. The first-order valence-electron chi connectivity index (χ1n) is 6.45. The molecular formula is C14H19N3O2. The van der Waals surface area contributed by atoms with Crippen LogP contribution in [0.4, 0.5) is 0 Å². The summed E-state index contributed by atoms with van der Waals surface area (Å²) in [6.07, 6.45) is 1.96. The van der Waals surface area contributed by atoms with Crippen LogP contribution in [-0.2, 0) is 11.3 Å². The Kier molecular flexibility index (Phi) is 4.16. The maximum atomic E-state index is 12.1. The third-order valence-corrected chi connectivity index (χ3v) is 3.39. The second-order valence-corrected chi connectivity index (χ2v) is 4.90. The molecule has 0 unspecified atom stereocenters. The molecule has 19 heavy (non-hydrogen) atoms. The lowest BCUT2D eigenvalue weighted by molar-refractivity contribution is -0.132. The molecule has 1 atom stereocenters. The Labute approximate surface area is 112 Å². The van der Waals surface area contributed by atoms with E-state index in [9.17, 15) is 9.59 Å². The van der Waals surface area contributed by atoms with E-state index >= 15 is 0 Å². The number of nitrogens with two attached hydrogens (primary N) is 1. The number of rotatable bonds is 4. The molecule has 1 aliphatic heterocycles. The summed E-state index contributed by atoms with van der Waals surface area (Å²) in [6, 6.07) is 6.97. The van der Waals surface area contributed by atoms with Crippen molar-refractivity contribution in [1.29, 1.82) is 0 Å². The molecular weight excluding hydrogens is 242 g/mol. The molecule has 1 fully saturated rings. The first-order chi connectivity index (χ1) is 9.08. The molecule has 0 spiro atoms. The normalized spacial score (nSPS) is 18.3. The molecule has 0 aliphatic carbocycles. The van der Waals surface area contributed by atoms with Crippen LogP contribution in [0.3, 0.4) is 0 Å². The molecule has 102 valence electrons. The third-order valence-electron chi connectivity index (χ3n) is 3.39. The lowest BCUT2D eigenvalue weighted by Gasteiger charge is -2.21. The highest BCUT2D eigenvalue weighted by molar-refractivity contribution is 5.92. The van der Waals surface area contributed by atoms with E-state index in [4.69, 9.17) is 5.73 Å². The summed E-state index contributed by atoms with van der Waals surface area (Å²) in [6.45, 7) is 1.45. The molecule has 0 aromatic heterocycles. The Morgan fingerprint density at radius 3 is 2.58 bits per heavy atom. The van der Waals surface area contributed by atoms with E-state index in [2.05, 4.69) is 5.32 Å². The highest BCUT2D eigenvalue weighted by atomic mass is 16.2. The number of nitrogens with zero attached hydrogens (tertiary/aromatic N) is 1. The summed E-state index contributed by atoms with van der Waals surface area (Å²) in [5.41, 5.74) is 6.65. The molecule has 0 saturated carbocycles. The van der Waals surface area contributed by atoms with Gasteiger partial charge in [-0.05, 0) is 37.1 Å². The second-order valence-electron chi connectivity index (χ2n) is 4.90. The van der Waals surface area contributed by atoms with Crippen LogP contribution < -0.4 is 11.1 Å². The fourth-order valence-corrected chi connectivity index (χ4v) is 2.29. The fourth-order valence-electron chi connectivity index (χ4n) is 2.29. The molecule has 1 aromatic carbocycles. The first kappa shape index (κ1) is 13.5. The predicted octanol–water partition coefficient (Wildman–Crippen LogP) is 0.496. The van der Waals surface area contributed by atoms with Crippen LogP contribution in [0.1, 0.15) is 28.8 Å². The van der Waals surface area contributed by atoms with Crippen molar-refractivity contribution in [2.75, 3.05) is 13.6 Å². The van der Waals surface area contributed by atoms with Gasteiger partial charge in [-0.2, -0.15) is 0 Å². The molecule has 0 radical (unpaired) electrons. The van der Waals surface area contributed by atoms with Gasteiger partial charge in [0, 0.05) is 19.2 Å². The number of carbonyl (C=O) groups is 2. The van der Waals surface area contributed by atoms with Gasteiger partial charge in [0.15, 0.2) is 0 Å². The predicted molar refractivity (Wildman–Crippen MR) is 72.5 cm³/mol. The number of amides is 2. The summed E-state index contributed by atoms with van der Waals surface area (Å²) in [5, 5.41) is 3.19. The van der Waals surface area contributed by atoms with Crippen molar-refractivity contribution in [1.82, 2.24) is 10.2 Å². The van der Waals surface area contributed by atoms with Crippen molar-refractivity contribution >= 4 is 11.8 Å². The van der Waals surface area contributed by atoms with Gasteiger partial charge in [-0.1, -0.05) is 12.1 Å². The standard InChI is InChI=1S/C14H19N3O2/c1-17(14(19)12-3-2-8-16-12)9-10-4-6-11(7-5-10)13(15)18/h4-7,12,16H,2-3,8-9H2,1H3,(H2,15,18)/t12-/m0/s1. The molecule has 2 amide bonds. The molecule has 5 nitrogen and oxygen atoms in total. The zero-order valence-corrected chi connectivity index (χ0v) is 11.1. The van der Waals surface area contributed by atoms with Crippen molar-refractivity contribution in [3.8, 4) is 0 Å². The molecule has 1 aromatic rings. The fraction of sp³-hybridized carbons (Fsp3) is 0.429. The number of hydrogen-bond acceptors (Lipinski definition) is 3. The van der Waals surface area contributed by atoms with Gasteiger partial charge in [0.2, 0.25) is 11.8 Å². The van der Waals surface area contributed by atoms with E-state index in [1.807, 2.05) is 12.1 Å². The van der Waals surface area contributed by atoms with Crippen molar-refractivity contribution in [2.45, 2.75) is 25.4 Å². The van der Waals surface area contributed by atoms with Crippen molar-refractivity contribution < 1.29 is 9.59 Å². The van der Waals surface area contributed by atoms with E-state index in [0.717, 1.165) is 24.9 Å². The molecule has 1 aliphatic rings. The minimum atomic E-state index is -0.439. The van der Waals surface area contributed by atoms with Crippen LogP contribution in [0.5, 0.6) is 0 Å². The van der Waals surface area contributed by atoms with E-state index in [1.54, 1.807) is 24.1 Å². The van der Waals surface area contributed by atoms with Crippen LogP contribution in [-0.4, -0.2) is 36.3 Å². The van der Waals surface area contributed by atoms with Gasteiger partial charge >= 0.3 is 0 Å². The van der Waals surface area contributed by atoms with E-state index in [0.29, 0.717) is 12.1 Å². The number of carbonyl (C=O) groups excluding carboxylic acids is 2. The Hall–Kier alpha value is -1.88.